The maximum absolute atomic E-state index is 13.0. The standard InChI is InChI=1S/C11H9F2NO2/c12-11(13)15-7-2-1-6-8(9(7)16-11)10(3-4-10)5-14-6/h1-2,14H,3-5H2. The number of benzene rings is 1. The Morgan fingerprint density at radius 3 is 2.75 bits per heavy atom. The van der Waals surface area contributed by atoms with Gasteiger partial charge in [-0.1, -0.05) is 0 Å². The van der Waals surface area contributed by atoms with Crippen molar-refractivity contribution in [3.05, 3.63) is 17.7 Å². The fourth-order valence-corrected chi connectivity index (χ4v) is 2.62. The number of nitrogens with one attached hydrogen (secondary N) is 1. The summed E-state index contributed by atoms with van der Waals surface area (Å²) in [5.41, 5.74) is 1.80. The zero-order valence-electron chi connectivity index (χ0n) is 8.35. The van der Waals surface area contributed by atoms with Crippen LogP contribution in [0.4, 0.5) is 14.5 Å². The summed E-state index contributed by atoms with van der Waals surface area (Å²) in [7, 11) is 0. The first-order valence-electron chi connectivity index (χ1n) is 5.27. The molecule has 1 spiro atoms. The van der Waals surface area contributed by atoms with Gasteiger partial charge in [0.05, 0.1) is 0 Å². The molecule has 3 nitrogen and oxygen atoms in total. The number of anilines is 1. The Kier molecular flexibility index (Phi) is 1.22. The molecule has 1 fully saturated rings. The maximum Gasteiger partial charge on any atom is 0.586 e. The van der Waals surface area contributed by atoms with E-state index in [1.807, 2.05) is 0 Å². The first kappa shape index (κ1) is 8.61. The second kappa shape index (κ2) is 2.26. The predicted molar refractivity (Wildman–Crippen MR) is 52.0 cm³/mol. The minimum absolute atomic E-state index is 0.0183. The van der Waals surface area contributed by atoms with E-state index in [0.29, 0.717) is 0 Å². The molecule has 1 aromatic carbocycles. The second-order valence-electron chi connectivity index (χ2n) is 4.62. The van der Waals surface area contributed by atoms with Crippen molar-refractivity contribution in [3.8, 4) is 11.5 Å². The SMILES string of the molecule is FC1(F)Oc2ccc3c(c2O1)C1(CC1)CN3. The molecule has 0 saturated heterocycles. The molecule has 16 heavy (non-hydrogen) atoms. The third kappa shape index (κ3) is 0.911. The number of fused-ring (bicyclic) bond motifs is 4. The molecule has 0 atom stereocenters. The minimum Gasteiger partial charge on any atom is -0.395 e. The van der Waals surface area contributed by atoms with Crippen LogP contribution in [0.2, 0.25) is 0 Å². The van der Waals surface area contributed by atoms with Gasteiger partial charge in [-0.2, -0.15) is 0 Å². The molecule has 5 heteroatoms. The van der Waals surface area contributed by atoms with Crippen LogP contribution in [0.1, 0.15) is 18.4 Å². The van der Waals surface area contributed by atoms with E-state index in [9.17, 15) is 8.78 Å². The van der Waals surface area contributed by atoms with Gasteiger partial charge in [0, 0.05) is 23.2 Å². The Balaban J connectivity index is 1.93. The second-order valence-corrected chi connectivity index (χ2v) is 4.62. The van der Waals surface area contributed by atoms with Gasteiger partial charge in [-0.3, -0.25) is 0 Å². The highest BCUT2D eigenvalue weighted by molar-refractivity contribution is 5.72. The molecule has 1 aromatic rings. The largest absolute Gasteiger partial charge is 0.586 e. The Labute approximate surface area is 90.3 Å². The smallest absolute Gasteiger partial charge is 0.395 e. The van der Waals surface area contributed by atoms with E-state index in [0.717, 1.165) is 30.6 Å². The summed E-state index contributed by atoms with van der Waals surface area (Å²) in [5, 5.41) is 3.23. The van der Waals surface area contributed by atoms with Gasteiger partial charge in [0.1, 0.15) is 0 Å². The van der Waals surface area contributed by atoms with Crippen molar-refractivity contribution in [2.75, 3.05) is 11.9 Å². The molecule has 84 valence electrons. The van der Waals surface area contributed by atoms with Crippen LogP contribution in [0.5, 0.6) is 11.5 Å². The van der Waals surface area contributed by atoms with Crippen molar-refractivity contribution < 1.29 is 18.3 Å². The molecule has 2 aliphatic heterocycles. The van der Waals surface area contributed by atoms with E-state index in [1.54, 1.807) is 6.07 Å². The van der Waals surface area contributed by atoms with E-state index < -0.39 is 6.29 Å². The summed E-state index contributed by atoms with van der Waals surface area (Å²) >= 11 is 0. The van der Waals surface area contributed by atoms with Gasteiger partial charge in [0.25, 0.3) is 0 Å². The van der Waals surface area contributed by atoms with Crippen LogP contribution >= 0.6 is 0 Å². The van der Waals surface area contributed by atoms with Crippen molar-refractivity contribution in [2.45, 2.75) is 24.6 Å². The molecule has 0 bridgehead atoms. The van der Waals surface area contributed by atoms with Gasteiger partial charge >= 0.3 is 6.29 Å². The topological polar surface area (TPSA) is 30.5 Å². The summed E-state index contributed by atoms with van der Waals surface area (Å²) in [4.78, 5) is 0. The molecule has 0 radical (unpaired) electrons. The van der Waals surface area contributed by atoms with Crippen LogP contribution in [0.25, 0.3) is 0 Å². The molecule has 0 unspecified atom stereocenters. The Morgan fingerprint density at radius 2 is 2.00 bits per heavy atom. The van der Waals surface area contributed by atoms with Crippen LogP contribution in [0, 0.1) is 0 Å². The van der Waals surface area contributed by atoms with Crippen molar-refractivity contribution in [2.24, 2.45) is 0 Å². The van der Waals surface area contributed by atoms with Gasteiger partial charge in [-0.05, 0) is 25.0 Å². The first-order valence-corrected chi connectivity index (χ1v) is 5.27. The van der Waals surface area contributed by atoms with Crippen molar-refractivity contribution in [3.63, 3.8) is 0 Å². The highest BCUT2D eigenvalue weighted by atomic mass is 19.3. The lowest BCUT2D eigenvalue weighted by molar-refractivity contribution is -0.287. The number of rotatable bonds is 0. The number of hydrogen-bond donors (Lipinski definition) is 1. The number of alkyl halides is 2. The predicted octanol–water partition coefficient (Wildman–Crippen LogP) is 2.47. The van der Waals surface area contributed by atoms with Crippen LogP contribution in [0.3, 0.4) is 0 Å². The molecular weight excluding hydrogens is 216 g/mol. The molecule has 1 N–H and O–H groups in total. The maximum atomic E-state index is 13.0. The van der Waals surface area contributed by atoms with Crippen molar-refractivity contribution in [1.29, 1.82) is 0 Å². The summed E-state index contributed by atoms with van der Waals surface area (Å²) in [5.74, 6) is 0.378. The fourth-order valence-electron chi connectivity index (χ4n) is 2.62. The minimum atomic E-state index is -3.52. The molecule has 0 amide bonds. The fraction of sp³-hybridized carbons (Fsp3) is 0.455. The van der Waals surface area contributed by atoms with E-state index in [1.165, 1.54) is 6.07 Å². The first-order chi connectivity index (χ1) is 7.60. The van der Waals surface area contributed by atoms with Gasteiger partial charge < -0.3 is 14.8 Å². The lowest BCUT2D eigenvalue weighted by atomic mass is 9.97. The molecule has 1 aliphatic carbocycles. The van der Waals surface area contributed by atoms with Crippen LogP contribution < -0.4 is 14.8 Å². The molecule has 4 rings (SSSR count). The van der Waals surface area contributed by atoms with Crippen molar-refractivity contribution in [1.82, 2.24) is 0 Å². The summed E-state index contributed by atoms with van der Waals surface area (Å²) < 4.78 is 35.1. The number of ether oxygens (including phenoxy) is 2. The van der Waals surface area contributed by atoms with Crippen molar-refractivity contribution >= 4 is 5.69 Å². The Bertz CT molecular complexity index is 497. The monoisotopic (exact) mass is 225 g/mol. The molecule has 0 aromatic heterocycles. The van der Waals surface area contributed by atoms with Crippen LogP contribution in [-0.2, 0) is 5.41 Å². The van der Waals surface area contributed by atoms with Gasteiger partial charge in [-0.15, -0.1) is 8.78 Å². The van der Waals surface area contributed by atoms with Gasteiger partial charge in [0.15, 0.2) is 11.5 Å². The summed E-state index contributed by atoms with van der Waals surface area (Å²) in [6.07, 6.45) is -1.47. The highest BCUT2D eigenvalue weighted by Crippen LogP contribution is 2.61. The molecular formula is C11H9F2NO2. The third-order valence-electron chi connectivity index (χ3n) is 3.57. The van der Waals surface area contributed by atoms with E-state index in [-0.39, 0.29) is 16.9 Å². The Hall–Kier alpha value is -1.52. The zero-order valence-corrected chi connectivity index (χ0v) is 8.35. The normalized spacial score (nSPS) is 25.4. The van der Waals surface area contributed by atoms with Gasteiger partial charge in [0.2, 0.25) is 0 Å². The molecule has 3 aliphatic rings. The average Bonchev–Trinajstić information content (AvgIpc) is 2.77. The molecule has 1 saturated carbocycles. The lowest BCUT2D eigenvalue weighted by Gasteiger charge is -2.09. The quantitative estimate of drug-likeness (QED) is 0.735. The van der Waals surface area contributed by atoms with Crippen LogP contribution in [0.15, 0.2) is 12.1 Å². The summed E-state index contributed by atoms with van der Waals surface area (Å²) in [6, 6.07) is 3.31. The zero-order chi connectivity index (χ0) is 11.0. The van der Waals surface area contributed by atoms with E-state index in [4.69, 9.17) is 0 Å². The number of hydrogen-bond acceptors (Lipinski definition) is 3. The van der Waals surface area contributed by atoms with E-state index >= 15 is 0 Å². The Morgan fingerprint density at radius 1 is 1.19 bits per heavy atom. The average molecular weight is 225 g/mol. The van der Waals surface area contributed by atoms with E-state index in [2.05, 4.69) is 14.8 Å². The number of halogens is 2. The van der Waals surface area contributed by atoms with Gasteiger partial charge in [-0.25, -0.2) is 0 Å². The lowest BCUT2D eigenvalue weighted by Crippen LogP contribution is -2.26. The third-order valence-corrected chi connectivity index (χ3v) is 3.57. The highest BCUT2D eigenvalue weighted by Gasteiger charge is 2.55. The van der Waals surface area contributed by atoms with Crippen LogP contribution in [-0.4, -0.2) is 12.8 Å². The summed E-state index contributed by atoms with van der Waals surface area (Å²) in [6.45, 7) is 0.813. The molecule has 2 heterocycles.